The molecule has 1 N–H and O–H groups in total. The van der Waals surface area contributed by atoms with Crippen LogP contribution >= 0.6 is 23.4 Å². The van der Waals surface area contributed by atoms with Gasteiger partial charge < -0.3 is 9.84 Å². The molecule has 6 heteroatoms. The van der Waals surface area contributed by atoms with Gasteiger partial charge in [0.1, 0.15) is 11.5 Å². The number of phenolic OH excluding ortho intramolecular Hbond substituents is 1. The van der Waals surface area contributed by atoms with Gasteiger partial charge >= 0.3 is 5.97 Å². The normalized spacial score (nSPS) is 15.5. The van der Waals surface area contributed by atoms with Gasteiger partial charge in [-0.2, -0.15) is 0 Å². The molecule has 4 nitrogen and oxygen atoms in total. The average molecular weight is 425 g/mol. The Hall–Kier alpha value is -2.76. The molecule has 0 fully saturated rings. The molecule has 0 aromatic heterocycles. The minimum absolute atomic E-state index is 0.0950. The van der Waals surface area contributed by atoms with Crippen LogP contribution in [0.5, 0.6) is 11.5 Å². The van der Waals surface area contributed by atoms with Gasteiger partial charge in [0.25, 0.3) is 0 Å². The molecule has 29 heavy (non-hydrogen) atoms. The zero-order chi connectivity index (χ0) is 20.5. The highest BCUT2D eigenvalue weighted by molar-refractivity contribution is 7.98. The zero-order valence-electron chi connectivity index (χ0n) is 15.5. The SMILES string of the molecule is CSc1ccc([C@@H]2CC(=O)Oc3ccc(C(=O)c4ccc(Cl)cc4)c(O)c32)cc1. The Labute approximate surface area is 177 Å². The number of rotatable bonds is 4. The smallest absolute Gasteiger partial charge is 0.312 e. The largest absolute Gasteiger partial charge is 0.507 e. The molecule has 0 radical (unpaired) electrons. The zero-order valence-corrected chi connectivity index (χ0v) is 17.1. The van der Waals surface area contributed by atoms with Crippen LogP contribution in [0.2, 0.25) is 5.02 Å². The van der Waals surface area contributed by atoms with Crippen molar-refractivity contribution in [1.82, 2.24) is 0 Å². The second-order valence-corrected chi connectivity index (χ2v) is 8.03. The molecular formula is C23H17ClO4S. The number of fused-ring (bicyclic) bond motifs is 1. The lowest BCUT2D eigenvalue weighted by molar-refractivity contribution is -0.135. The molecule has 0 saturated carbocycles. The molecular weight excluding hydrogens is 408 g/mol. The summed E-state index contributed by atoms with van der Waals surface area (Å²) < 4.78 is 5.33. The van der Waals surface area contributed by atoms with Gasteiger partial charge in [-0.25, -0.2) is 0 Å². The summed E-state index contributed by atoms with van der Waals surface area (Å²) >= 11 is 7.52. The standard InChI is InChI=1S/C23H17ClO4S/c1-29-16-8-4-13(5-9-16)18-12-20(25)28-19-11-10-17(23(27)21(18)19)22(26)14-2-6-15(24)7-3-14/h2-11,18,27H,12H2,1H3/t18-/m0/s1. The van der Waals surface area contributed by atoms with Crippen molar-refractivity contribution in [2.75, 3.05) is 6.26 Å². The summed E-state index contributed by atoms with van der Waals surface area (Å²) in [5.74, 6) is -0.956. The van der Waals surface area contributed by atoms with Crippen molar-refractivity contribution in [3.05, 3.63) is 87.9 Å². The number of hydrogen-bond acceptors (Lipinski definition) is 5. The van der Waals surface area contributed by atoms with Crippen molar-refractivity contribution >= 4 is 35.1 Å². The van der Waals surface area contributed by atoms with Gasteiger partial charge in [0.15, 0.2) is 5.78 Å². The van der Waals surface area contributed by atoms with Crippen molar-refractivity contribution in [1.29, 1.82) is 0 Å². The lowest BCUT2D eigenvalue weighted by Crippen LogP contribution is -2.22. The summed E-state index contributed by atoms with van der Waals surface area (Å²) in [4.78, 5) is 26.2. The number of benzene rings is 3. The van der Waals surface area contributed by atoms with Crippen molar-refractivity contribution in [2.45, 2.75) is 17.2 Å². The topological polar surface area (TPSA) is 63.6 Å². The van der Waals surface area contributed by atoms with Crippen molar-refractivity contribution in [3.63, 3.8) is 0 Å². The van der Waals surface area contributed by atoms with E-state index >= 15 is 0 Å². The Morgan fingerprint density at radius 1 is 1.07 bits per heavy atom. The van der Waals surface area contributed by atoms with Crippen LogP contribution in [0.15, 0.2) is 65.6 Å². The van der Waals surface area contributed by atoms with Crippen LogP contribution in [-0.2, 0) is 4.79 Å². The Balaban J connectivity index is 1.80. The molecule has 0 unspecified atom stereocenters. The van der Waals surface area contributed by atoms with Crippen LogP contribution in [0.25, 0.3) is 0 Å². The highest BCUT2D eigenvalue weighted by Crippen LogP contribution is 2.45. The second-order valence-electron chi connectivity index (χ2n) is 6.71. The second kappa shape index (κ2) is 7.93. The number of aromatic hydroxyl groups is 1. The van der Waals surface area contributed by atoms with Gasteiger partial charge in [0.05, 0.1) is 12.0 Å². The number of esters is 1. The summed E-state index contributed by atoms with van der Waals surface area (Å²) in [6.07, 6.45) is 2.08. The fourth-order valence-electron chi connectivity index (χ4n) is 3.51. The molecule has 0 amide bonds. The lowest BCUT2D eigenvalue weighted by atomic mass is 9.84. The number of phenols is 1. The van der Waals surface area contributed by atoms with E-state index in [4.69, 9.17) is 16.3 Å². The van der Waals surface area contributed by atoms with E-state index in [1.807, 2.05) is 30.5 Å². The van der Waals surface area contributed by atoms with Gasteiger partial charge in [0, 0.05) is 27.0 Å². The fraction of sp³-hybridized carbons (Fsp3) is 0.130. The van der Waals surface area contributed by atoms with E-state index in [1.165, 1.54) is 6.07 Å². The minimum Gasteiger partial charge on any atom is -0.507 e. The number of ketones is 1. The van der Waals surface area contributed by atoms with E-state index in [-0.39, 0.29) is 41.2 Å². The molecule has 0 bridgehead atoms. The molecule has 1 aliphatic rings. The predicted octanol–water partition coefficient (Wildman–Crippen LogP) is 5.44. The monoisotopic (exact) mass is 424 g/mol. The maximum absolute atomic E-state index is 12.9. The number of carbonyl (C=O) groups is 2. The van der Waals surface area contributed by atoms with Crippen LogP contribution in [0, 0.1) is 0 Å². The summed E-state index contributed by atoms with van der Waals surface area (Å²) in [5.41, 5.74) is 1.92. The molecule has 3 aromatic carbocycles. The molecule has 1 aliphatic heterocycles. The van der Waals surface area contributed by atoms with E-state index in [0.717, 1.165) is 10.5 Å². The highest BCUT2D eigenvalue weighted by atomic mass is 35.5. The van der Waals surface area contributed by atoms with Gasteiger partial charge in [-0.15, -0.1) is 11.8 Å². The third-order valence-corrected chi connectivity index (χ3v) is 5.98. The van der Waals surface area contributed by atoms with Gasteiger partial charge in [0.2, 0.25) is 0 Å². The summed E-state index contributed by atoms with van der Waals surface area (Å²) in [6.45, 7) is 0. The van der Waals surface area contributed by atoms with Crippen LogP contribution in [0.3, 0.4) is 0 Å². The van der Waals surface area contributed by atoms with E-state index in [9.17, 15) is 14.7 Å². The molecule has 1 atom stereocenters. The molecule has 4 rings (SSSR count). The Morgan fingerprint density at radius 2 is 1.76 bits per heavy atom. The van der Waals surface area contributed by atoms with Gasteiger partial charge in [-0.05, 0) is 60.4 Å². The summed E-state index contributed by atoms with van der Waals surface area (Å²) in [5, 5.41) is 11.5. The lowest BCUT2D eigenvalue weighted by Gasteiger charge is -2.26. The number of hydrogen-bond donors (Lipinski definition) is 1. The van der Waals surface area contributed by atoms with Crippen molar-refractivity contribution < 1.29 is 19.4 Å². The number of carbonyl (C=O) groups excluding carboxylic acids is 2. The number of halogens is 1. The first-order valence-electron chi connectivity index (χ1n) is 8.98. The maximum atomic E-state index is 12.9. The van der Waals surface area contributed by atoms with E-state index in [2.05, 4.69) is 0 Å². The van der Waals surface area contributed by atoms with E-state index in [1.54, 1.807) is 42.1 Å². The Bertz CT molecular complexity index is 1090. The van der Waals surface area contributed by atoms with Gasteiger partial charge in [-0.1, -0.05) is 23.7 Å². The average Bonchev–Trinajstić information content (AvgIpc) is 2.73. The maximum Gasteiger partial charge on any atom is 0.312 e. The molecule has 0 spiro atoms. The van der Waals surface area contributed by atoms with Crippen molar-refractivity contribution in [3.8, 4) is 11.5 Å². The highest BCUT2D eigenvalue weighted by Gasteiger charge is 2.33. The number of thioether (sulfide) groups is 1. The summed E-state index contributed by atoms with van der Waals surface area (Å²) in [7, 11) is 0. The van der Waals surface area contributed by atoms with E-state index < -0.39 is 0 Å². The van der Waals surface area contributed by atoms with Crippen molar-refractivity contribution in [2.24, 2.45) is 0 Å². The van der Waals surface area contributed by atoms with Crippen LogP contribution in [0.4, 0.5) is 0 Å². The fourth-order valence-corrected chi connectivity index (χ4v) is 4.04. The first-order valence-corrected chi connectivity index (χ1v) is 10.6. The summed E-state index contributed by atoms with van der Waals surface area (Å²) in [6, 6.07) is 17.3. The third-order valence-electron chi connectivity index (χ3n) is 4.99. The number of ether oxygens (including phenoxy) is 1. The molecule has 0 saturated heterocycles. The Morgan fingerprint density at radius 3 is 2.41 bits per heavy atom. The first kappa shape index (κ1) is 19.6. The molecule has 1 heterocycles. The minimum atomic E-state index is -0.389. The third kappa shape index (κ3) is 3.76. The Kier molecular flexibility index (Phi) is 5.35. The molecule has 146 valence electrons. The van der Waals surface area contributed by atoms with Crippen LogP contribution in [-0.4, -0.2) is 23.1 Å². The molecule has 0 aliphatic carbocycles. The first-order chi connectivity index (χ1) is 14.0. The van der Waals surface area contributed by atoms with Crippen LogP contribution < -0.4 is 4.74 Å². The van der Waals surface area contributed by atoms with E-state index in [0.29, 0.717) is 16.1 Å². The van der Waals surface area contributed by atoms with Gasteiger partial charge in [-0.3, -0.25) is 9.59 Å². The van der Waals surface area contributed by atoms with Crippen LogP contribution in [0.1, 0.15) is 39.4 Å². The quantitative estimate of drug-likeness (QED) is 0.261. The predicted molar refractivity (Wildman–Crippen MR) is 113 cm³/mol. The molecule has 3 aromatic rings.